The van der Waals surface area contributed by atoms with E-state index in [1.807, 2.05) is 24.5 Å². The van der Waals surface area contributed by atoms with E-state index in [1.54, 1.807) is 32.0 Å². The number of guanidine groups is 1. The SMILES string of the molecule is CN=C(NCc1ccc(F)cc1CSC)NCC1(c2ccc(OC)cc2)CCOCC1.I. The van der Waals surface area contributed by atoms with Crippen LogP contribution in [0.3, 0.4) is 0 Å². The third kappa shape index (κ3) is 6.99. The van der Waals surface area contributed by atoms with Gasteiger partial charge in [0, 0.05) is 44.5 Å². The number of benzene rings is 2. The molecule has 1 heterocycles. The van der Waals surface area contributed by atoms with E-state index in [4.69, 9.17) is 9.47 Å². The molecule has 3 rings (SSSR count). The Kier molecular flexibility index (Phi) is 11.1. The van der Waals surface area contributed by atoms with Gasteiger partial charge in [0.2, 0.25) is 0 Å². The van der Waals surface area contributed by atoms with Gasteiger partial charge in [-0.1, -0.05) is 18.2 Å². The molecule has 0 amide bonds. The molecule has 1 aliphatic heterocycles. The Morgan fingerprint density at radius 3 is 2.47 bits per heavy atom. The van der Waals surface area contributed by atoms with Crippen molar-refractivity contribution in [2.24, 2.45) is 4.99 Å². The summed E-state index contributed by atoms with van der Waals surface area (Å²) in [6.45, 7) is 2.83. The molecule has 2 aromatic rings. The minimum Gasteiger partial charge on any atom is -0.497 e. The number of thioether (sulfide) groups is 1. The molecule has 0 unspecified atom stereocenters. The van der Waals surface area contributed by atoms with Crippen molar-refractivity contribution in [3.8, 4) is 5.75 Å². The first-order chi connectivity index (χ1) is 15.1. The summed E-state index contributed by atoms with van der Waals surface area (Å²) in [7, 11) is 3.45. The van der Waals surface area contributed by atoms with Crippen molar-refractivity contribution in [1.29, 1.82) is 0 Å². The van der Waals surface area contributed by atoms with E-state index < -0.39 is 0 Å². The second-order valence-electron chi connectivity index (χ2n) is 7.75. The Labute approximate surface area is 212 Å². The van der Waals surface area contributed by atoms with Crippen molar-refractivity contribution in [2.45, 2.75) is 30.6 Å². The molecule has 1 aliphatic rings. The molecule has 176 valence electrons. The largest absolute Gasteiger partial charge is 0.497 e. The summed E-state index contributed by atoms with van der Waals surface area (Å²) in [4.78, 5) is 4.40. The molecule has 2 N–H and O–H groups in total. The molecule has 1 saturated heterocycles. The van der Waals surface area contributed by atoms with Crippen LogP contribution in [0.15, 0.2) is 47.5 Å². The maximum Gasteiger partial charge on any atom is 0.191 e. The number of nitrogens with zero attached hydrogens (tertiary/aromatic N) is 1. The second kappa shape index (κ2) is 13.3. The monoisotopic (exact) mass is 573 g/mol. The normalized spacial score (nSPS) is 15.6. The summed E-state index contributed by atoms with van der Waals surface area (Å²) in [5.41, 5.74) is 3.34. The zero-order chi connectivity index (χ0) is 22.1. The van der Waals surface area contributed by atoms with Gasteiger partial charge in [0.1, 0.15) is 11.6 Å². The predicted octanol–water partition coefficient (Wildman–Crippen LogP) is 4.73. The average molecular weight is 574 g/mol. The third-order valence-corrected chi connectivity index (χ3v) is 6.48. The zero-order valence-corrected chi connectivity index (χ0v) is 22.1. The Hall–Kier alpha value is -1.52. The minimum absolute atomic E-state index is 0. The van der Waals surface area contributed by atoms with Gasteiger partial charge in [-0.15, -0.1) is 24.0 Å². The number of aliphatic imine (C=N–C) groups is 1. The number of methoxy groups -OCH3 is 1. The Morgan fingerprint density at radius 2 is 1.84 bits per heavy atom. The Balaban J connectivity index is 0.00000363. The molecule has 0 radical (unpaired) electrons. The molecule has 0 spiro atoms. The van der Waals surface area contributed by atoms with Crippen LogP contribution in [0.4, 0.5) is 4.39 Å². The van der Waals surface area contributed by atoms with Crippen LogP contribution >= 0.6 is 35.7 Å². The van der Waals surface area contributed by atoms with Crippen molar-refractivity contribution >= 4 is 41.7 Å². The second-order valence-corrected chi connectivity index (χ2v) is 8.61. The van der Waals surface area contributed by atoms with Crippen molar-refractivity contribution in [1.82, 2.24) is 10.6 Å². The maximum atomic E-state index is 13.6. The lowest BCUT2D eigenvalue weighted by molar-refractivity contribution is 0.0513. The van der Waals surface area contributed by atoms with Crippen LogP contribution in [-0.2, 0) is 22.4 Å². The van der Waals surface area contributed by atoms with Crippen LogP contribution in [0, 0.1) is 5.82 Å². The highest BCUT2D eigenvalue weighted by atomic mass is 127. The Morgan fingerprint density at radius 1 is 1.12 bits per heavy atom. The van der Waals surface area contributed by atoms with E-state index in [2.05, 4.69) is 27.8 Å². The van der Waals surface area contributed by atoms with Gasteiger partial charge in [-0.3, -0.25) is 4.99 Å². The van der Waals surface area contributed by atoms with E-state index in [-0.39, 0.29) is 35.2 Å². The highest BCUT2D eigenvalue weighted by Gasteiger charge is 2.34. The zero-order valence-electron chi connectivity index (χ0n) is 18.9. The molecule has 32 heavy (non-hydrogen) atoms. The van der Waals surface area contributed by atoms with Crippen molar-refractivity contribution in [3.63, 3.8) is 0 Å². The standard InChI is InChI=1S/C24H32FN3O2S.HI/c1-26-23(27-15-18-4-7-21(25)14-19(18)16-31-3)28-17-24(10-12-30-13-11-24)20-5-8-22(29-2)9-6-20;/h4-9,14H,10-13,15-17H2,1-3H3,(H2,26,27,28);1H. The number of hydrogen-bond donors (Lipinski definition) is 2. The van der Waals surface area contributed by atoms with Gasteiger partial charge in [-0.25, -0.2) is 4.39 Å². The molecule has 0 atom stereocenters. The van der Waals surface area contributed by atoms with E-state index in [1.165, 1.54) is 11.6 Å². The summed E-state index contributed by atoms with van der Waals surface area (Å²) in [5.74, 6) is 2.17. The fourth-order valence-corrected chi connectivity index (χ4v) is 4.56. The number of nitrogens with one attached hydrogen (secondary N) is 2. The van der Waals surface area contributed by atoms with Gasteiger partial charge in [0.05, 0.1) is 7.11 Å². The van der Waals surface area contributed by atoms with Gasteiger partial charge in [-0.05, 0) is 60.1 Å². The minimum atomic E-state index is -0.198. The average Bonchev–Trinajstić information content (AvgIpc) is 2.81. The van der Waals surface area contributed by atoms with Crippen molar-refractivity contribution in [3.05, 3.63) is 65.0 Å². The molecule has 1 fully saturated rings. The molecule has 0 aliphatic carbocycles. The molecule has 5 nitrogen and oxygen atoms in total. The molecule has 0 aromatic heterocycles. The van der Waals surface area contributed by atoms with Gasteiger partial charge in [0.25, 0.3) is 0 Å². The van der Waals surface area contributed by atoms with Crippen LogP contribution in [0.2, 0.25) is 0 Å². The first kappa shape index (κ1) is 26.7. The lowest BCUT2D eigenvalue weighted by Gasteiger charge is -2.38. The molecular formula is C24H33FIN3O2S. The maximum absolute atomic E-state index is 13.6. The van der Waals surface area contributed by atoms with Gasteiger partial charge in [-0.2, -0.15) is 11.8 Å². The molecule has 0 saturated carbocycles. The van der Waals surface area contributed by atoms with Gasteiger partial charge >= 0.3 is 0 Å². The topological polar surface area (TPSA) is 54.9 Å². The predicted molar refractivity (Wildman–Crippen MR) is 142 cm³/mol. The third-order valence-electron chi connectivity index (χ3n) is 5.88. The number of hydrogen-bond acceptors (Lipinski definition) is 4. The van der Waals surface area contributed by atoms with E-state index >= 15 is 0 Å². The first-order valence-electron chi connectivity index (χ1n) is 10.5. The number of ether oxygens (including phenoxy) is 2. The van der Waals surface area contributed by atoms with E-state index in [0.717, 1.165) is 61.2 Å². The van der Waals surface area contributed by atoms with Crippen LogP contribution in [-0.4, -0.2) is 46.1 Å². The summed E-state index contributed by atoms with van der Waals surface area (Å²) in [6.07, 6.45) is 3.91. The molecule has 0 bridgehead atoms. The van der Waals surface area contributed by atoms with Crippen LogP contribution in [0.25, 0.3) is 0 Å². The quantitative estimate of drug-likeness (QED) is 0.272. The molecule has 8 heteroatoms. The van der Waals surface area contributed by atoms with Crippen LogP contribution in [0.1, 0.15) is 29.5 Å². The number of rotatable bonds is 8. The summed E-state index contributed by atoms with van der Waals surface area (Å²) in [6, 6.07) is 13.3. The van der Waals surface area contributed by atoms with Gasteiger partial charge < -0.3 is 20.1 Å². The number of halogens is 2. The summed E-state index contributed by atoms with van der Waals surface area (Å²) in [5, 5.41) is 6.90. The van der Waals surface area contributed by atoms with E-state index in [0.29, 0.717) is 6.54 Å². The van der Waals surface area contributed by atoms with Crippen molar-refractivity contribution < 1.29 is 13.9 Å². The van der Waals surface area contributed by atoms with Crippen LogP contribution < -0.4 is 15.4 Å². The lowest BCUT2D eigenvalue weighted by Crippen LogP contribution is -2.48. The van der Waals surface area contributed by atoms with Crippen molar-refractivity contribution in [2.75, 3.05) is 40.2 Å². The first-order valence-corrected chi connectivity index (χ1v) is 11.9. The summed E-state index contributed by atoms with van der Waals surface area (Å²) < 4.78 is 24.6. The smallest absolute Gasteiger partial charge is 0.191 e. The Bertz CT molecular complexity index is 874. The van der Waals surface area contributed by atoms with Crippen LogP contribution in [0.5, 0.6) is 5.75 Å². The fraction of sp³-hybridized carbons (Fsp3) is 0.458. The fourth-order valence-electron chi connectivity index (χ4n) is 3.98. The highest BCUT2D eigenvalue weighted by molar-refractivity contribution is 14.0. The summed E-state index contributed by atoms with van der Waals surface area (Å²) >= 11 is 1.69. The highest BCUT2D eigenvalue weighted by Crippen LogP contribution is 2.35. The van der Waals surface area contributed by atoms with E-state index in [9.17, 15) is 4.39 Å². The lowest BCUT2D eigenvalue weighted by atomic mass is 9.74. The molecular weight excluding hydrogens is 540 g/mol. The molecule has 2 aromatic carbocycles. The van der Waals surface area contributed by atoms with Gasteiger partial charge in [0.15, 0.2) is 5.96 Å².